The zero-order valence-corrected chi connectivity index (χ0v) is 62.1. The van der Waals surface area contributed by atoms with Crippen molar-refractivity contribution < 1.29 is 0 Å². The topological polar surface area (TPSA) is 53.5 Å². The van der Waals surface area contributed by atoms with Gasteiger partial charge in [0.1, 0.15) is 0 Å². The second-order valence-corrected chi connectivity index (χ2v) is 39.5. The predicted molar refractivity (Wildman–Crippen MR) is 459 cm³/mol. The number of para-hydroxylation sites is 3. The highest BCUT2D eigenvalue weighted by atomic mass is 28.3. The molecular formula is C99H70N6Si3. The van der Waals surface area contributed by atoms with E-state index in [1.807, 2.05) is 0 Å². The maximum atomic E-state index is 5.98. The molecule has 0 N–H and O–H groups in total. The van der Waals surface area contributed by atoms with E-state index < -0.39 is 24.2 Å². The second-order valence-electron chi connectivity index (χ2n) is 28.1. The normalized spacial score (nSPS) is 12.1. The summed E-state index contributed by atoms with van der Waals surface area (Å²) in [5, 5.41) is 22.2. The first kappa shape index (κ1) is 64.2. The highest BCUT2D eigenvalue weighted by Gasteiger charge is 2.45. The lowest BCUT2D eigenvalue weighted by molar-refractivity contribution is 0.894. The molecule has 4 aromatic heterocycles. The maximum Gasteiger partial charge on any atom is 0.240 e. The van der Waals surface area contributed by atoms with Gasteiger partial charge in [0.2, 0.25) is 11.9 Å². The molecule has 0 radical (unpaired) electrons. The van der Waals surface area contributed by atoms with Crippen molar-refractivity contribution in [2.45, 2.75) is 0 Å². The minimum Gasteiger partial charge on any atom is -0.309 e. The molecule has 9 heteroatoms. The van der Waals surface area contributed by atoms with Gasteiger partial charge < -0.3 is 4.57 Å². The van der Waals surface area contributed by atoms with Crippen molar-refractivity contribution >= 4 is 152 Å². The van der Waals surface area contributed by atoms with Crippen LogP contribution in [0.15, 0.2) is 425 Å². The van der Waals surface area contributed by atoms with Crippen molar-refractivity contribution in [2.75, 3.05) is 0 Å². The summed E-state index contributed by atoms with van der Waals surface area (Å²) in [6.07, 6.45) is 0. The van der Waals surface area contributed by atoms with Gasteiger partial charge in [0, 0.05) is 43.6 Å². The van der Waals surface area contributed by atoms with Gasteiger partial charge in [-0.2, -0.15) is 15.0 Å². The van der Waals surface area contributed by atoms with Gasteiger partial charge in [0.25, 0.3) is 0 Å². The van der Waals surface area contributed by atoms with Crippen LogP contribution in [-0.4, -0.2) is 52.9 Å². The Hall–Kier alpha value is -13.4. The fourth-order valence-electron chi connectivity index (χ4n) is 18.0. The van der Waals surface area contributed by atoms with Crippen molar-refractivity contribution in [3.05, 3.63) is 425 Å². The van der Waals surface area contributed by atoms with E-state index in [0.29, 0.717) is 17.7 Å². The molecular weight excluding hydrogens is 1360 g/mol. The van der Waals surface area contributed by atoms with E-state index in [2.05, 4.69) is 438 Å². The summed E-state index contributed by atoms with van der Waals surface area (Å²) in [7, 11) is -8.95. The lowest BCUT2D eigenvalue weighted by Crippen LogP contribution is -2.74. The predicted octanol–water partition coefficient (Wildman–Crippen LogP) is 15.0. The zero-order valence-electron chi connectivity index (χ0n) is 59.1. The first-order valence-corrected chi connectivity index (χ1v) is 43.1. The van der Waals surface area contributed by atoms with E-state index in [4.69, 9.17) is 15.0 Å². The Kier molecular flexibility index (Phi) is 15.8. The largest absolute Gasteiger partial charge is 0.309 e. The molecule has 0 saturated carbocycles. The molecule has 4 heterocycles. The van der Waals surface area contributed by atoms with Gasteiger partial charge in [-0.05, 0) is 105 Å². The molecule has 0 amide bonds. The van der Waals surface area contributed by atoms with Crippen molar-refractivity contribution in [3.8, 4) is 29.0 Å². The molecule has 0 spiro atoms. The molecule has 0 fully saturated rings. The SMILES string of the molecule is c1ccc([Si](c2ccccc2)(c2ccccc2)c2ccc(-c3nc(-n4c5ccccc5c5ccc([Si](c6ccccc6)(c6ccccc6)c6ccccc6)cc54)nc(-n4c5ccccc5c5ccc6c(c7ccccc7n6-c6cccc([Si](c7ccccc7)(c7ccccc7)c7ccccc7)c6)c54)n3)cc2)cc1. The highest BCUT2D eigenvalue weighted by molar-refractivity contribution is 7.21. The molecule has 0 atom stereocenters. The summed E-state index contributed by atoms with van der Waals surface area (Å²) in [4.78, 5) is 17.7. The minimum atomic E-state index is -3.06. The van der Waals surface area contributed by atoms with Gasteiger partial charge in [-0.15, -0.1) is 0 Å². The van der Waals surface area contributed by atoms with Crippen LogP contribution < -0.4 is 62.2 Å². The third-order valence-electron chi connectivity index (χ3n) is 22.6. The molecule has 6 nitrogen and oxygen atoms in total. The Morgan fingerprint density at radius 2 is 0.491 bits per heavy atom. The summed E-state index contributed by atoms with van der Waals surface area (Å²) in [6, 6.07) is 158. The Labute approximate surface area is 629 Å². The minimum absolute atomic E-state index is 0.506. The fourth-order valence-corrected chi connectivity index (χ4v) is 32.3. The van der Waals surface area contributed by atoms with Crippen LogP contribution in [0.1, 0.15) is 0 Å². The molecule has 0 unspecified atom stereocenters. The van der Waals surface area contributed by atoms with Crippen molar-refractivity contribution in [1.29, 1.82) is 0 Å². The van der Waals surface area contributed by atoms with Gasteiger partial charge in [-0.3, -0.25) is 9.13 Å². The van der Waals surface area contributed by atoms with E-state index in [0.717, 1.165) is 76.7 Å². The Morgan fingerprint density at radius 3 is 0.926 bits per heavy atom. The molecule has 0 aliphatic heterocycles. The van der Waals surface area contributed by atoms with Crippen molar-refractivity contribution in [1.82, 2.24) is 28.7 Å². The number of hydrogen-bond acceptors (Lipinski definition) is 3. The van der Waals surface area contributed by atoms with Gasteiger partial charge >= 0.3 is 0 Å². The molecule has 108 heavy (non-hydrogen) atoms. The van der Waals surface area contributed by atoms with Crippen LogP contribution in [0.5, 0.6) is 0 Å². The van der Waals surface area contributed by atoms with Crippen LogP contribution in [0.2, 0.25) is 0 Å². The molecule has 20 aromatic rings. The fraction of sp³-hybridized carbons (Fsp3) is 0. The summed E-state index contributed by atoms with van der Waals surface area (Å²) in [5.41, 5.74) is 8.12. The first-order chi connectivity index (χ1) is 53.6. The number of rotatable bonds is 16. The number of fused-ring (bicyclic) bond motifs is 10. The maximum absolute atomic E-state index is 5.98. The average molecular weight is 1430 g/mol. The van der Waals surface area contributed by atoms with Gasteiger partial charge in [-0.1, -0.05) is 382 Å². The summed E-state index contributed by atoms with van der Waals surface area (Å²) in [6.45, 7) is 0. The molecule has 0 aliphatic rings. The van der Waals surface area contributed by atoms with Gasteiger partial charge in [0.15, 0.2) is 30.0 Å². The third kappa shape index (κ3) is 10.1. The van der Waals surface area contributed by atoms with Gasteiger partial charge in [0.05, 0.1) is 33.1 Å². The van der Waals surface area contributed by atoms with E-state index in [1.54, 1.807) is 0 Å². The first-order valence-electron chi connectivity index (χ1n) is 37.1. The zero-order chi connectivity index (χ0) is 71.6. The molecule has 0 bridgehead atoms. The standard InChI is InChI=1S/C99H70N6Si3/c1-10-36-73(37-11-1)106(74-38-12-2-13-39-74,75-40-14-3-15-41-75)82-63-61-71(62-64-82)97-100-98(104-90-58-31-28-55-85(90)87-66-65-84(70-94(87)104)108(79-48-22-7-23-49-79,80-50-24-8-25-51-80)81-52-26-9-27-53-81)102-99(101-97)105-91-59-32-29-56-86(91)88-67-68-93-95(96(88)105)89-57-30-33-60-92(89)103(93)72-35-34-54-83(69-72)107(76-42-16-4-17-43-76,77-44-18-5-19-45-77)78-46-20-6-21-47-78/h1-70H. The molecule has 16 aromatic carbocycles. The number of hydrogen-bond donors (Lipinski definition) is 0. The van der Waals surface area contributed by atoms with Crippen LogP contribution in [0, 0.1) is 0 Å². The van der Waals surface area contributed by atoms with E-state index >= 15 is 0 Å². The summed E-state index contributed by atoms with van der Waals surface area (Å²) >= 11 is 0. The quantitative estimate of drug-likeness (QED) is 0.0716. The van der Waals surface area contributed by atoms with Crippen LogP contribution in [0.3, 0.4) is 0 Å². The molecule has 0 saturated heterocycles. The number of nitrogens with zero attached hydrogens (tertiary/aromatic N) is 6. The third-order valence-corrected chi connectivity index (χ3v) is 36.9. The monoisotopic (exact) mass is 1430 g/mol. The lowest BCUT2D eigenvalue weighted by atomic mass is 10.1. The molecule has 20 rings (SSSR count). The van der Waals surface area contributed by atoms with Gasteiger partial charge in [-0.25, -0.2) is 0 Å². The summed E-state index contributed by atoms with van der Waals surface area (Å²) < 4.78 is 7.16. The average Bonchev–Trinajstić information content (AvgIpc) is 1.50. The highest BCUT2D eigenvalue weighted by Crippen LogP contribution is 2.42. The smallest absolute Gasteiger partial charge is 0.240 e. The molecule has 508 valence electrons. The second kappa shape index (κ2) is 26.6. The number of aromatic nitrogens is 6. The summed E-state index contributed by atoms with van der Waals surface area (Å²) in [5.74, 6) is 1.57. The van der Waals surface area contributed by atoms with Crippen molar-refractivity contribution in [3.63, 3.8) is 0 Å². The van der Waals surface area contributed by atoms with E-state index in [1.165, 1.54) is 62.2 Å². The van der Waals surface area contributed by atoms with E-state index in [9.17, 15) is 0 Å². The van der Waals surface area contributed by atoms with Crippen LogP contribution >= 0.6 is 0 Å². The Balaban J connectivity index is 0.867. The van der Waals surface area contributed by atoms with Crippen LogP contribution in [0.4, 0.5) is 0 Å². The van der Waals surface area contributed by atoms with Crippen LogP contribution in [0.25, 0.3) is 94.4 Å². The van der Waals surface area contributed by atoms with E-state index in [-0.39, 0.29) is 0 Å². The number of benzene rings is 16. The van der Waals surface area contributed by atoms with Crippen molar-refractivity contribution in [2.24, 2.45) is 0 Å². The van der Waals surface area contributed by atoms with Crippen LogP contribution in [-0.2, 0) is 0 Å². The Morgan fingerprint density at radius 1 is 0.185 bits per heavy atom. The Bertz CT molecular complexity index is 6410. The lowest BCUT2D eigenvalue weighted by Gasteiger charge is -2.34. The molecule has 0 aliphatic carbocycles.